The summed E-state index contributed by atoms with van der Waals surface area (Å²) in [5.41, 5.74) is 5.76. The molecule has 4 N–H and O–H groups in total. The quantitative estimate of drug-likeness (QED) is 0.116. The number of H-pyrrole nitrogens is 2. The van der Waals surface area contributed by atoms with E-state index < -0.39 is 12.2 Å². The van der Waals surface area contributed by atoms with Crippen LogP contribution in [0.2, 0.25) is 0 Å². The number of hydrogen-bond donors (Lipinski definition) is 4. The highest BCUT2D eigenvalue weighted by Crippen LogP contribution is 2.50. The summed E-state index contributed by atoms with van der Waals surface area (Å²) in [5, 5.41) is 7.35. The predicted molar refractivity (Wildman–Crippen MR) is 209 cm³/mol. The third kappa shape index (κ3) is 7.07. The minimum atomic E-state index is -0.647. The summed E-state index contributed by atoms with van der Waals surface area (Å²) >= 11 is 1.73. The average Bonchev–Trinajstić information content (AvgIpc) is 4.05. The van der Waals surface area contributed by atoms with Crippen molar-refractivity contribution in [3.63, 3.8) is 0 Å². The van der Waals surface area contributed by atoms with Crippen molar-refractivity contribution in [2.75, 3.05) is 33.9 Å². The van der Waals surface area contributed by atoms with Gasteiger partial charge in [0.1, 0.15) is 24.7 Å². The Morgan fingerprint density at radius 1 is 0.891 bits per heavy atom. The Bertz CT molecular complexity index is 2440. The second kappa shape index (κ2) is 15.1. The second-order valence-electron chi connectivity index (χ2n) is 14.1. The number of ether oxygens (including phenoxy) is 2. The third-order valence-corrected chi connectivity index (χ3v) is 11.8. The molecule has 3 aromatic heterocycles. The Hall–Kier alpha value is -5.96. The first-order valence-corrected chi connectivity index (χ1v) is 19.3. The van der Waals surface area contributed by atoms with Gasteiger partial charge in [0.05, 0.1) is 49.7 Å². The molecule has 1 aliphatic heterocycles. The maximum Gasteiger partial charge on any atom is 0.407 e. The number of benzene rings is 3. The molecule has 55 heavy (non-hydrogen) atoms. The highest BCUT2D eigenvalue weighted by molar-refractivity contribution is 7.25. The Labute approximate surface area is 320 Å². The molecule has 3 unspecified atom stereocenters. The van der Waals surface area contributed by atoms with Crippen LogP contribution in [0, 0.1) is 5.92 Å². The predicted octanol–water partition coefficient (Wildman–Crippen LogP) is 6.49. The number of thiophene rings is 1. The van der Waals surface area contributed by atoms with Gasteiger partial charge in [-0.3, -0.25) is 9.59 Å². The molecule has 3 aromatic carbocycles. The van der Waals surface area contributed by atoms with Gasteiger partial charge in [0, 0.05) is 38.3 Å². The van der Waals surface area contributed by atoms with Crippen LogP contribution in [-0.2, 0) is 25.6 Å². The van der Waals surface area contributed by atoms with Crippen LogP contribution in [0.15, 0.2) is 60.8 Å². The van der Waals surface area contributed by atoms with Crippen LogP contribution in [0.3, 0.4) is 0 Å². The van der Waals surface area contributed by atoms with Gasteiger partial charge in [-0.25, -0.2) is 19.6 Å². The van der Waals surface area contributed by atoms with Gasteiger partial charge in [-0.15, -0.1) is 11.3 Å². The lowest BCUT2D eigenvalue weighted by molar-refractivity contribution is -0.135. The van der Waals surface area contributed by atoms with Gasteiger partial charge >= 0.3 is 12.2 Å². The number of aromatic nitrogens is 4. The lowest BCUT2D eigenvalue weighted by Gasteiger charge is -2.34. The van der Waals surface area contributed by atoms with Crippen LogP contribution >= 0.6 is 11.3 Å². The zero-order valence-electron chi connectivity index (χ0n) is 30.8. The topological polar surface area (TPSA) is 175 Å². The summed E-state index contributed by atoms with van der Waals surface area (Å²) < 4.78 is 11.6. The molecule has 14 nitrogen and oxygen atoms in total. The number of amides is 4. The molecule has 0 spiro atoms. The fraction of sp³-hybridized carbons (Fsp3) is 0.350. The Morgan fingerprint density at radius 2 is 1.58 bits per heavy atom. The second-order valence-corrected chi connectivity index (χ2v) is 15.2. The zero-order valence-corrected chi connectivity index (χ0v) is 31.6. The normalized spacial score (nSPS) is 17.6. The number of hydrogen-bond acceptors (Lipinski definition) is 9. The van der Waals surface area contributed by atoms with E-state index in [-0.39, 0.29) is 37.0 Å². The van der Waals surface area contributed by atoms with Crippen molar-refractivity contribution in [3.05, 3.63) is 72.4 Å². The molecule has 3 atom stereocenters. The molecule has 8 rings (SSSR count). The van der Waals surface area contributed by atoms with E-state index >= 15 is 0 Å². The van der Waals surface area contributed by atoms with Gasteiger partial charge in [-0.2, -0.15) is 0 Å². The van der Waals surface area contributed by atoms with Crippen LogP contribution in [0.25, 0.3) is 53.6 Å². The molecule has 2 bridgehead atoms. The van der Waals surface area contributed by atoms with Crippen LogP contribution in [0.1, 0.15) is 50.3 Å². The molecule has 15 heteroatoms. The van der Waals surface area contributed by atoms with Crippen LogP contribution in [0.4, 0.5) is 9.59 Å². The van der Waals surface area contributed by atoms with E-state index in [1.807, 2.05) is 17.9 Å². The number of alkyl carbamates (subject to hydrolysis) is 2. The molecule has 1 saturated carbocycles. The van der Waals surface area contributed by atoms with Crippen LogP contribution in [0.5, 0.6) is 0 Å². The minimum Gasteiger partial charge on any atom is -0.453 e. The lowest BCUT2D eigenvalue weighted by atomic mass is 9.98. The molecule has 1 aliphatic carbocycles. The first kappa shape index (κ1) is 36.0. The van der Waals surface area contributed by atoms with E-state index in [1.54, 1.807) is 22.4 Å². The summed E-state index contributed by atoms with van der Waals surface area (Å²) in [6.45, 7) is 2.57. The van der Waals surface area contributed by atoms with E-state index in [0.29, 0.717) is 24.8 Å². The van der Waals surface area contributed by atoms with Crippen molar-refractivity contribution in [2.45, 2.75) is 51.2 Å². The fourth-order valence-corrected chi connectivity index (χ4v) is 9.33. The maximum atomic E-state index is 13.3. The van der Waals surface area contributed by atoms with Gasteiger partial charge < -0.3 is 39.9 Å². The molecule has 2 aliphatic rings. The number of carbonyl (C=O) groups is 4. The molecule has 4 heterocycles. The largest absolute Gasteiger partial charge is 0.453 e. The molecule has 4 amide bonds. The fourth-order valence-electron chi connectivity index (χ4n) is 8.15. The van der Waals surface area contributed by atoms with E-state index in [1.165, 1.54) is 29.7 Å². The van der Waals surface area contributed by atoms with Gasteiger partial charge in [0.25, 0.3) is 0 Å². The number of aromatic amines is 2. The van der Waals surface area contributed by atoms with Crippen molar-refractivity contribution in [1.29, 1.82) is 0 Å². The number of likely N-dealkylation sites (tertiary alicyclic amines) is 1. The molecule has 284 valence electrons. The summed E-state index contributed by atoms with van der Waals surface area (Å²) in [5.74, 6) is 1.43. The number of rotatable bonds is 11. The molecule has 6 aromatic rings. The van der Waals surface area contributed by atoms with Gasteiger partial charge in [-0.05, 0) is 67.0 Å². The number of nitrogens with one attached hydrogen (secondary N) is 4. The Balaban J connectivity index is 1.00. The summed E-state index contributed by atoms with van der Waals surface area (Å²) in [7, 11) is 2.55. The van der Waals surface area contributed by atoms with E-state index in [9.17, 15) is 19.2 Å². The van der Waals surface area contributed by atoms with Crippen molar-refractivity contribution in [3.8, 4) is 22.4 Å². The maximum absolute atomic E-state index is 13.3. The third-order valence-electron chi connectivity index (χ3n) is 10.7. The van der Waals surface area contributed by atoms with E-state index in [4.69, 9.17) is 4.98 Å². The van der Waals surface area contributed by atoms with Crippen molar-refractivity contribution < 1.29 is 28.7 Å². The molecule has 1 saturated heterocycles. The van der Waals surface area contributed by atoms with Crippen LogP contribution in [-0.4, -0.2) is 93.6 Å². The first-order chi connectivity index (χ1) is 26.7. The highest BCUT2D eigenvalue weighted by Gasteiger charge is 2.49. The monoisotopic (exact) mass is 762 g/mol. The summed E-state index contributed by atoms with van der Waals surface area (Å²) in [6.07, 6.45) is 4.23. The van der Waals surface area contributed by atoms with Gasteiger partial charge in [0.2, 0.25) is 11.8 Å². The summed E-state index contributed by atoms with van der Waals surface area (Å²) in [6, 6.07) is 19.2. The van der Waals surface area contributed by atoms with Gasteiger partial charge in [0.15, 0.2) is 0 Å². The van der Waals surface area contributed by atoms with Crippen LogP contribution < -0.4 is 10.6 Å². The SMILES string of the molecule is CCCN(Cc1ncc(-c2ccc3c(c2)sc2cc(-c4ccc5nc(C6C7CCC(C7)N6C(=O)CNC(=O)OC)[nH]c5c4)ccc23)[nH]1)C(=O)CNC(=O)OC. The van der Waals surface area contributed by atoms with E-state index in [2.05, 4.69) is 83.6 Å². The number of piperidine rings is 1. The Morgan fingerprint density at radius 3 is 2.33 bits per heavy atom. The number of imidazole rings is 2. The average molecular weight is 763 g/mol. The van der Waals surface area contributed by atoms with Crippen molar-refractivity contribution in [1.82, 2.24) is 40.4 Å². The number of methoxy groups -OCH3 is 2. The molecule has 2 fully saturated rings. The van der Waals surface area contributed by atoms with Crippen molar-refractivity contribution in [2.24, 2.45) is 5.92 Å². The molecular weight excluding hydrogens is 721 g/mol. The van der Waals surface area contributed by atoms with E-state index in [0.717, 1.165) is 69.6 Å². The number of fused-ring (bicyclic) bond motifs is 6. The summed E-state index contributed by atoms with van der Waals surface area (Å²) in [4.78, 5) is 69.1. The lowest BCUT2D eigenvalue weighted by Crippen LogP contribution is -2.45. The zero-order chi connectivity index (χ0) is 38.2. The first-order valence-electron chi connectivity index (χ1n) is 18.5. The smallest absolute Gasteiger partial charge is 0.407 e. The minimum absolute atomic E-state index is 0.107. The standard InChI is InChI=1S/C40H42N8O6S/c1-4-13-47(35(49)19-42-39(51)53-2)21-34-41-18-31(44-34)24-7-11-28-27-10-6-23(16-32(27)55-33(28)17-24)22-8-12-29-30(15-22)46-38(45-29)37-25-5-9-26(14-25)48(37)36(50)20-43-40(52)54-3/h6-8,10-12,15-18,25-26,37H,4-5,9,13-14,19-21H2,1-3H3,(H,41,44)(H,42,51)(H,43,52)(H,45,46). The molecule has 0 radical (unpaired) electrons. The Kier molecular flexibility index (Phi) is 9.86. The number of nitrogens with zero attached hydrogens (tertiary/aromatic N) is 4. The van der Waals surface area contributed by atoms with Crippen molar-refractivity contribution >= 4 is 66.5 Å². The highest BCUT2D eigenvalue weighted by atomic mass is 32.1. The molecular formula is C40H42N8O6S. The van der Waals surface area contributed by atoms with Gasteiger partial charge in [-0.1, -0.05) is 37.3 Å². The number of carbonyl (C=O) groups excluding carboxylic acids is 4.